The molecular formula is C12H18N4O. The summed E-state index contributed by atoms with van der Waals surface area (Å²) >= 11 is 0. The van der Waals surface area contributed by atoms with Crippen LogP contribution >= 0.6 is 0 Å². The molecular weight excluding hydrogens is 216 g/mol. The zero-order valence-electron chi connectivity index (χ0n) is 10.3. The fourth-order valence-corrected chi connectivity index (χ4v) is 2.17. The predicted octanol–water partition coefficient (Wildman–Crippen LogP) is 1.24. The lowest BCUT2D eigenvalue weighted by Crippen LogP contribution is -2.33. The van der Waals surface area contributed by atoms with E-state index in [2.05, 4.69) is 22.5 Å². The van der Waals surface area contributed by atoms with E-state index in [0.29, 0.717) is 11.6 Å². The van der Waals surface area contributed by atoms with E-state index in [1.165, 1.54) is 10.9 Å². The minimum Gasteiger partial charge on any atom is -0.340 e. The van der Waals surface area contributed by atoms with Gasteiger partial charge in [0.1, 0.15) is 5.69 Å². The van der Waals surface area contributed by atoms with Crippen molar-refractivity contribution in [2.24, 2.45) is 13.0 Å². The highest BCUT2D eigenvalue weighted by atomic mass is 16.2. The molecule has 1 aromatic heterocycles. The van der Waals surface area contributed by atoms with Gasteiger partial charge in [-0.2, -0.15) is 0 Å². The van der Waals surface area contributed by atoms with Gasteiger partial charge in [-0.15, -0.1) is 5.10 Å². The zero-order valence-corrected chi connectivity index (χ0v) is 10.3. The van der Waals surface area contributed by atoms with Crippen LogP contribution < -0.4 is 0 Å². The average Bonchev–Trinajstić information content (AvgIpc) is 2.76. The molecule has 0 radical (unpaired) electrons. The van der Waals surface area contributed by atoms with Crippen LogP contribution in [0.4, 0.5) is 0 Å². The lowest BCUT2D eigenvalue weighted by Gasteiger charge is -2.24. The van der Waals surface area contributed by atoms with Crippen molar-refractivity contribution in [3.05, 3.63) is 24.0 Å². The number of rotatable bonds is 3. The fraction of sp³-hybridized carbons (Fsp3) is 0.583. The average molecular weight is 234 g/mol. The van der Waals surface area contributed by atoms with Gasteiger partial charge in [-0.25, -0.2) is 4.68 Å². The fourth-order valence-electron chi connectivity index (χ4n) is 2.17. The molecule has 0 aromatic carbocycles. The topological polar surface area (TPSA) is 51.0 Å². The number of amides is 1. The first-order chi connectivity index (χ1) is 8.18. The van der Waals surface area contributed by atoms with E-state index in [9.17, 15) is 4.79 Å². The summed E-state index contributed by atoms with van der Waals surface area (Å²) in [5, 5.41) is 7.50. The highest BCUT2D eigenvalue weighted by molar-refractivity contribution is 5.91. The number of hydrogen-bond donors (Lipinski definition) is 0. The molecule has 2 rings (SSSR count). The number of aromatic nitrogens is 3. The second kappa shape index (κ2) is 5.12. The summed E-state index contributed by atoms with van der Waals surface area (Å²) in [5.41, 5.74) is 0.541. The first kappa shape index (κ1) is 11.8. The van der Waals surface area contributed by atoms with Crippen LogP contribution in [0.2, 0.25) is 0 Å². The van der Waals surface area contributed by atoms with E-state index < -0.39 is 0 Å². The molecule has 1 atom stereocenters. The van der Waals surface area contributed by atoms with Crippen molar-refractivity contribution in [3.63, 3.8) is 0 Å². The van der Waals surface area contributed by atoms with Crippen LogP contribution in [0.3, 0.4) is 0 Å². The third-order valence-corrected chi connectivity index (χ3v) is 3.19. The first-order valence-electron chi connectivity index (χ1n) is 5.93. The van der Waals surface area contributed by atoms with Gasteiger partial charge in [-0.3, -0.25) is 4.79 Å². The zero-order chi connectivity index (χ0) is 12.3. The van der Waals surface area contributed by atoms with Gasteiger partial charge in [-0.1, -0.05) is 17.4 Å². The Morgan fingerprint density at radius 2 is 2.41 bits per heavy atom. The molecule has 0 fully saturated rings. The Bertz CT molecular complexity index is 424. The van der Waals surface area contributed by atoms with Gasteiger partial charge >= 0.3 is 0 Å². The molecule has 1 amide bonds. The van der Waals surface area contributed by atoms with Crippen molar-refractivity contribution in [3.8, 4) is 0 Å². The van der Waals surface area contributed by atoms with Crippen LogP contribution in [-0.4, -0.2) is 39.4 Å². The van der Waals surface area contributed by atoms with Crippen molar-refractivity contribution >= 4 is 5.91 Å². The molecule has 17 heavy (non-hydrogen) atoms. The highest BCUT2D eigenvalue weighted by Crippen LogP contribution is 2.19. The van der Waals surface area contributed by atoms with Crippen molar-refractivity contribution in [2.45, 2.75) is 19.3 Å². The molecule has 1 aliphatic carbocycles. The van der Waals surface area contributed by atoms with Gasteiger partial charge in [0.05, 0.1) is 6.20 Å². The molecule has 0 saturated heterocycles. The van der Waals surface area contributed by atoms with Crippen molar-refractivity contribution in [1.29, 1.82) is 0 Å². The van der Waals surface area contributed by atoms with Crippen molar-refractivity contribution < 1.29 is 4.79 Å². The molecule has 0 N–H and O–H groups in total. The highest BCUT2D eigenvalue weighted by Gasteiger charge is 2.19. The minimum atomic E-state index is -0.00736. The largest absolute Gasteiger partial charge is 0.340 e. The summed E-state index contributed by atoms with van der Waals surface area (Å²) in [6, 6.07) is 0. The van der Waals surface area contributed by atoms with Crippen molar-refractivity contribution in [1.82, 2.24) is 19.9 Å². The molecule has 0 unspecified atom stereocenters. The Morgan fingerprint density at radius 1 is 1.59 bits per heavy atom. The normalized spacial score (nSPS) is 19.3. The Morgan fingerprint density at radius 3 is 3.00 bits per heavy atom. The SMILES string of the molecule is CN(C[C@@H]1CC=CCC1)C(=O)c1cnnn1C. The lowest BCUT2D eigenvalue weighted by atomic mass is 9.94. The molecule has 0 saturated carbocycles. The summed E-state index contributed by atoms with van der Waals surface area (Å²) in [5.74, 6) is 0.571. The van der Waals surface area contributed by atoms with Crippen LogP contribution in [0.5, 0.6) is 0 Å². The standard InChI is InChI=1S/C12H18N4O/c1-15(9-10-6-4-3-5-7-10)12(17)11-8-13-14-16(11)2/h3-4,8,10H,5-7,9H2,1-2H3/t10-/m1/s1. The van der Waals surface area contributed by atoms with Gasteiger partial charge in [0, 0.05) is 20.6 Å². The maximum Gasteiger partial charge on any atom is 0.273 e. The van der Waals surface area contributed by atoms with Gasteiger partial charge < -0.3 is 4.90 Å². The summed E-state index contributed by atoms with van der Waals surface area (Å²) in [6.45, 7) is 0.800. The number of carbonyl (C=O) groups is 1. The number of hydrogen-bond acceptors (Lipinski definition) is 3. The van der Waals surface area contributed by atoms with Crippen LogP contribution in [-0.2, 0) is 7.05 Å². The molecule has 0 aliphatic heterocycles. The Hall–Kier alpha value is -1.65. The smallest absolute Gasteiger partial charge is 0.273 e. The molecule has 1 aliphatic rings. The quantitative estimate of drug-likeness (QED) is 0.739. The first-order valence-corrected chi connectivity index (χ1v) is 5.93. The molecule has 1 heterocycles. The Balaban J connectivity index is 1.96. The van der Waals surface area contributed by atoms with E-state index >= 15 is 0 Å². The number of carbonyl (C=O) groups excluding carboxylic acids is 1. The third-order valence-electron chi connectivity index (χ3n) is 3.19. The number of aryl methyl sites for hydroxylation is 1. The van der Waals surface area contributed by atoms with Gasteiger partial charge in [-0.05, 0) is 25.2 Å². The second-order valence-corrected chi connectivity index (χ2v) is 4.58. The number of nitrogens with zero attached hydrogens (tertiary/aromatic N) is 4. The van der Waals surface area contributed by atoms with Crippen LogP contribution in [0.25, 0.3) is 0 Å². The lowest BCUT2D eigenvalue weighted by molar-refractivity contribution is 0.0758. The summed E-state index contributed by atoms with van der Waals surface area (Å²) in [7, 11) is 3.57. The molecule has 92 valence electrons. The molecule has 5 nitrogen and oxygen atoms in total. The maximum atomic E-state index is 12.1. The van der Waals surface area contributed by atoms with Gasteiger partial charge in [0.15, 0.2) is 0 Å². The minimum absolute atomic E-state index is 0.00736. The molecule has 1 aromatic rings. The van der Waals surface area contributed by atoms with E-state index in [1.54, 1.807) is 11.9 Å². The maximum absolute atomic E-state index is 12.1. The molecule has 0 bridgehead atoms. The van der Waals surface area contributed by atoms with Crippen molar-refractivity contribution in [2.75, 3.05) is 13.6 Å². The second-order valence-electron chi connectivity index (χ2n) is 4.58. The van der Waals surface area contributed by atoms with Crippen LogP contribution in [0.1, 0.15) is 29.8 Å². The Labute approximate surface area is 101 Å². The molecule has 5 heteroatoms. The summed E-state index contributed by atoms with van der Waals surface area (Å²) in [6.07, 6.45) is 9.29. The van der Waals surface area contributed by atoms with E-state index in [4.69, 9.17) is 0 Å². The Kier molecular flexibility index (Phi) is 3.56. The summed E-state index contributed by atoms with van der Waals surface area (Å²) < 4.78 is 1.51. The van der Waals surface area contributed by atoms with E-state index in [1.807, 2.05) is 7.05 Å². The monoisotopic (exact) mass is 234 g/mol. The third kappa shape index (κ3) is 2.72. The van der Waals surface area contributed by atoms with E-state index in [-0.39, 0.29) is 5.91 Å². The summed E-state index contributed by atoms with van der Waals surface area (Å²) in [4.78, 5) is 13.9. The van der Waals surface area contributed by atoms with Gasteiger partial charge in [0.2, 0.25) is 0 Å². The van der Waals surface area contributed by atoms with Gasteiger partial charge in [0.25, 0.3) is 5.91 Å². The predicted molar refractivity (Wildman–Crippen MR) is 64.4 cm³/mol. The molecule has 0 spiro atoms. The van der Waals surface area contributed by atoms with Crippen LogP contribution in [0.15, 0.2) is 18.3 Å². The van der Waals surface area contributed by atoms with E-state index in [0.717, 1.165) is 25.8 Å². The number of allylic oxidation sites excluding steroid dienone is 2. The van der Waals surface area contributed by atoms with Crippen LogP contribution in [0, 0.1) is 5.92 Å².